The van der Waals surface area contributed by atoms with E-state index in [-0.39, 0.29) is 5.97 Å². The van der Waals surface area contributed by atoms with Crippen molar-refractivity contribution < 1.29 is 14.3 Å². The summed E-state index contributed by atoms with van der Waals surface area (Å²) in [7, 11) is 1.36. The van der Waals surface area contributed by atoms with E-state index >= 15 is 0 Å². The van der Waals surface area contributed by atoms with Crippen molar-refractivity contribution in [2.75, 3.05) is 7.11 Å². The van der Waals surface area contributed by atoms with Crippen LogP contribution in [-0.4, -0.2) is 13.1 Å². The Labute approximate surface area is 137 Å². The molecule has 0 aromatic heterocycles. The van der Waals surface area contributed by atoms with Crippen LogP contribution in [0.5, 0.6) is 5.75 Å². The Bertz CT molecular complexity index is 615. The fraction of sp³-hybridized carbons (Fsp3) is 0.118. The molecule has 0 N–H and O–H groups in total. The maximum absolute atomic E-state index is 11.0. The van der Waals surface area contributed by atoms with Crippen LogP contribution >= 0.6 is 22.6 Å². The molecule has 0 atom stereocenters. The van der Waals surface area contributed by atoms with Crippen LogP contribution in [0.2, 0.25) is 0 Å². The average Bonchev–Trinajstić information content (AvgIpc) is 2.53. The van der Waals surface area contributed by atoms with Gasteiger partial charge < -0.3 is 9.47 Å². The fourth-order valence-corrected chi connectivity index (χ4v) is 2.01. The predicted molar refractivity (Wildman–Crippen MR) is 91.0 cm³/mol. The summed E-state index contributed by atoms with van der Waals surface area (Å²) in [6.45, 7) is 0.536. The highest BCUT2D eigenvalue weighted by molar-refractivity contribution is 14.1. The molecule has 0 radical (unpaired) electrons. The predicted octanol–water partition coefficient (Wildman–Crippen LogP) is 4.06. The summed E-state index contributed by atoms with van der Waals surface area (Å²) in [5.74, 6) is 0.429. The van der Waals surface area contributed by atoms with Gasteiger partial charge in [0, 0.05) is 9.65 Å². The second-order valence-electron chi connectivity index (χ2n) is 4.34. The molecule has 0 aliphatic carbocycles. The molecule has 3 nitrogen and oxygen atoms in total. The molecule has 0 aliphatic heterocycles. The molecule has 0 unspecified atom stereocenters. The molecule has 0 bridgehead atoms. The van der Waals surface area contributed by atoms with Gasteiger partial charge in [0.25, 0.3) is 0 Å². The monoisotopic (exact) mass is 394 g/mol. The number of benzene rings is 2. The van der Waals surface area contributed by atoms with Gasteiger partial charge in [-0.15, -0.1) is 0 Å². The summed E-state index contributed by atoms with van der Waals surface area (Å²) in [4.78, 5) is 11.0. The highest BCUT2D eigenvalue weighted by Gasteiger charge is 1.97. The van der Waals surface area contributed by atoms with Crippen molar-refractivity contribution in [3.63, 3.8) is 0 Å². The SMILES string of the molecule is COC(=O)/C=C/c1ccc(OCc2ccc(I)cc2)cc1. The topological polar surface area (TPSA) is 35.5 Å². The van der Waals surface area contributed by atoms with Crippen molar-refractivity contribution >= 4 is 34.6 Å². The first-order valence-corrected chi connectivity index (χ1v) is 7.48. The first-order chi connectivity index (χ1) is 10.2. The Morgan fingerprint density at radius 2 is 1.76 bits per heavy atom. The minimum absolute atomic E-state index is 0.367. The van der Waals surface area contributed by atoms with Crippen molar-refractivity contribution in [1.29, 1.82) is 0 Å². The molecule has 0 saturated heterocycles. The molecule has 0 saturated carbocycles. The van der Waals surface area contributed by atoms with E-state index in [0.717, 1.165) is 16.9 Å². The number of methoxy groups -OCH3 is 1. The molecule has 0 amide bonds. The van der Waals surface area contributed by atoms with Gasteiger partial charge in [0.05, 0.1) is 7.11 Å². The van der Waals surface area contributed by atoms with E-state index in [1.165, 1.54) is 16.8 Å². The lowest BCUT2D eigenvalue weighted by Crippen LogP contribution is -1.95. The van der Waals surface area contributed by atoms with Crippen LogP contribution < -0.4 is 4.74 Å². The molecule has 0 spiro atoms. The van der Waals surface area contributed by atoms with Crippen LogP contribution in [0.3, 0.4) is 0 Å². The molecule has 0 fully saturated rings. The van der Waals surface area contributed by atoms with Crippen molar-refractivity contribution in [3.05, 3.63) is 69.3 Å². The fourth-order valence-electron chi connectivity index (χ4n) is 1.65. The summed E-state index contributed by atoms with van der Waals surface area (Å²) in [6.07, 6.45) is 3.09. The van der Waals surface area contributed by atoms with E-state index in [2.05, 4.69) is 51.6 Å². The maximum atomic E-state index is 11.0. The van der Waals surface area contributed by atoms with Crippen molar-refractivity contribution in [2.24, 2.45) is 0 Å². The van der Waals surface area contributed by atoms with Gasteiger partial charge in [-0.25, -0.2) is 4.79 Å². The molecule has 2 aromatic rings. The first-order valence-electron chi connectivity index (χ1n) is 6.41. The third-order valence-electron chi connectivity index (χ3n) is 2.81. The molecular weight excluding hydrogens is 379 g/mol. The number of hydrogen-bond acceptors (Lipinski definition) is 3. The van der Waals surface area contributed by atoms with Crippen LogP contribution in [0.4, 0.5) is 0 Å². The molecule has 4 heteroatoms. The number of hydrogen-bond donors (Lipinski definition) is 0. The Hall–Kier alpha value is -1.82. The lowest BCUT2D eigenvalue weighted by atomic mass is 10.2. The second kappa shape index (κ2) is 7.83. The number of halogens is 1. The van der Waals surface area contributed by atoms with E-state index in [0.29, 0.717) is 6.61 Å². The Balaban J connectivity index is 1.91. The Morgan fingerprint density at radius 1 is 1.10 bits per heavy atom. The molecule has 108 valence electrons. The van der Waals surface area contributed by atoms with E-state index in [4.69, 9.17) is 4.74 Å². The van der Waals surface area contributed by atoms with Gasteiger partial charge in [-0.3, -0.25) is 0 Å². The van der Waals surface area contributed by atoms with Crippen molar-refractivity contribution in [1.82, 2.24) is 0 Å². The summed E-state index contributed by atoms with van der Waals surface area (Å²) in [6, 6.07) is 15.8. The summed E-state index contributed by atoms with van der Waals surface area (Å²) in [5.41, 5.74) is 2.05. The summed E-state index contributed by atoms with van der Waals surface area (Å²) < 4.78 is 11.5. The minimum Gasteiger partial charge on any atom is -0.489 e. The first kappa shape index (κ1) is 15.6. The Kier molecular flexibility index (Phi) is 5.80. The minimum atomic E-state index is -0.367. The lowest BCUT2D eigenvalue weighted by Gasteiger charge is -2.06. The lowest BCUT2D eigenvalue weighted by molar-refractivity contribution is -0.134. The normalized spacial score (nSPS) is 10.6. The van der Waals surface area contributed by atoms with Crippen LogP contribution in [0.25, 0.3) is 6.08 Å². The summed E-state index contributed by atoms with van der Waals surface area (Å²) >= 11 is 2.27. The van der Waals surface area contributed by atoms with Gasteiger partial charge in [0.1, 0.15) is 12.4 Å². The highest BCUT2D eigenvalue weighted by Crippen LogP contribution is 2.15. The van der Waals surface area contributed by atoms with Crippen molar-refractivity contribution in [2.45, 2.75) is 6.61 Å². The van der Waals surface area contributed by atoms with Crippen LogP contribution in [-0.2, 0) is 16.1 Å². The van der Waals surface area contributed by atoms with Gasteiger partial charge in [0.15, 0.2) is 0 Å². The van der Waals surface area contributed by atoms with Gasteiger partial charge >= 0.3 is 5.97 Å². The number of carbonyl (C=O) groups is 1. The number of esters is 1. The molecule has 2 rings (SSSR count). The zero-order chi connectivity index (χ0) is 15.1. The van der Waals surface area contributed by atoms with E-state index < -0.39 is 0 Å². The van der Waals surface area contributed by atoms with Crippen LogP contribution in [0, 0.1) is 3.57 Å². The van der Waals surface area contributed by atoms with Crippen LogP contribution in [0.15, 0.2) is 54.6 Å². The molecule has 0 heterocycles. The summed E-state index contributed by atoms with van der Waals surface area (Å²) in [5, 5.41) is 0. The van der Waals surface area contributed by atoms with Crippen molar-refractivity contribution in [3.8, 4) is 5.75 Å². The average molecular weight is 394 g/mol. The molecule has 21 heavy (non-hydrogen) atoms. The second-order valence-corrected chi connectivity index (χ2v) is 5.59. The molecule has 0 aliphatic rings. The smallest absolute Gasteiger partial charge is 0.330 e. The van der Waals surface area contributed by atoms with E-state index in [1.54, 1.807) is 6.08 Å². The van der Waals surface area contributed by atoms with Crippen LogP contribution in [0.1, 0.15) is 11.1 Å². The highest BCUT2D eigenvalue weighted by atomic mass is 127. The zero-order valence-electron chi connectivity index (χ0n) is 11.6. The molecule has 2 aromatic carbocycles. The maximum Gasteiger partial charge on any atom is 0.330 e. The zero-order valence-corrected chi connectivity index (χ0v) is 13.7. The largest absolute Gasteiger partial charge is 0.489 e. The van der Waals surface area contributed by atoms with Gasteiger partial charge in [-0.2, -0.15) is 0 Å². The number of carbonyl (C=O) groups excluding carboxylic acids is 1. The Morgan fingerprint density at radius 3 is 2.38 bits per heavy atom. The quantitative estimate of drug-likeness (QED) is 0.436. The third-order valence-corrected chi connectivity index (χ3v) is 3.53. The standard InChI is InChI=1S/C17H15IO3/c1-20-17(19)11-6-13-4-9-16(10-5-13)21-12-14-2-7-15(18)8-3-14/h2-11H,12H2,1H3/b11-6+. The number of rotatable bonds is 5. The van der Waals surface area contributed by atoms with E-state index in [1.807, 2.05) is 24.3 Å². The third kappa shape index (κ3) is 5.23. The van der Waals surface area contributed by atoms with E-state index in [9.17, 15) is 4.79 Å². The van der Waals surface area contributed by atoms with Gasteiger partial charge in [0.2, 0.25) is 0 Å². The van der Waals surface area contributed by atoms with Gasteiger partial charge in [-0.05, 0) is 64.1 Å². The van der Waals surface area contributed by atoms with Gasteiger partial charge in [-0.1, -0.05) is 24.3 Å². The molecular formula is C17H15IO3. The number of ether oxygens (including phenoxy) is 2.